The zero-order valence-electron chi connectivity index (χ0n) is 13.8. The van der Waals surface area contributed by atoms with Gasteiger partial charge in [-0.3, -0.25) is 9.10 Å². The highest BCUT2D eigenvalue weighted by Crippen LogP contribution is 2.24. The molecule has 0 bridgehead atoms. The van der Waals surface area contributed by atoms with Crippen LogP contribution in [0.3, 0.4) is 0 Å². The maximum Gasteiger partial charge on any atom is 0.243 e. The predicted molar refractivity (Wildman–Crippen MR) is 88.2 cm³/mol. The molecule has 0 aromatic heterocycles. The first-order valence-electron chi connectivity index (χ1n) is 7.95. The first-order valence-corrected chi connectivity index (χ1v) is 9.80. The minimum atomic E-state index is -3.85. The molecule has 1 amide bonds. The third kappa shape index (κ3) is 4.43. The van der Waals surface area contributed by atoms with Crippen LogP contribution in [0.5, 0.6) is 0 Å². The molecule has 0 saturated heterocycles. The Bertz CT molecular complexity index is 703. The van der Waals surface area contributed by atoms with E-state index in [1.807, 2.05) is 0 Å². The first-order chi connectivity index (χ1) is 11.2. The summed E-state index contributed by atoms with van der Waals surface area (Å²) in [6.45, 7) is 1.43. The molecule has 1 N–H and O–H groups in total. The van der Waals surface area contributed by atoms with Crippen molar-refractivity contribution in [3.8, 4) is 0 Å². The molecule has 8 heteroatoms. The Balaban J connectivity index is 2.23. The number of sulfonamides is 1. The number of carbonyl (C=O) groups excluding carboxylic acids is 1. The van der Waals surface area contributed by atoms with Gasteiger partial charge in [0.25, 0.3) is 0 Å². The zero-order valence-corrected chi connectivity index (χ0v) is 14.6. The molecule has 24 heavy (non-hydrogen) atoms. The van der Waals surface area contributed by atoms with Crippen molar-refractivity contribution in [3.63, 3.8) is 0 Å². The van der Waals surface area contributed by atoms with Gasteiger partial charge in [0.05, 0.1) is 11.9 Å². The molecule has 1 saturated carbocycles. The van der Waals surface area contributed by atoms with Crippen molar-refractivity contribution in [1.82, 2.24) is 5.32 Å². The number of nitrogens with one attached hydrogen (secondary N) is 1. The second-order valence-corrected chi connectivity index (χ2v) is 8.04. The van der Waals surface area contributed by atoms with Gasteiger partial charge in [0.15, 0.2) is 11.6 Å². The average Bonchev–Trinajstić information content (AvgIpc) is 2.50. The van der Waals surface area contributed by atoms with E-state index >= 15 is 0 Å². The van der Waals surface area contributed by atoms with Crippen molar-refractivity contribution >= 4 is 21.6 Å². The topological polar surface area (TPSA) is 66.5 Å². The second-order valence-electron chi connectivity index (χ2n) is 6.18. The van der Waals surface area contributed by atoms with Gasteiger partial charge >= 0.3 is 0 Å². The van der Waals surface area contributed by atoms with Crippen LogP contribution in [0.2, 0.25) is 0 Å². The van der Waals surface area contributed by atoms with Crippen molar-refractivity contribution in [2.75, 3.05) is 10.6 Å². The van der Waals surface area contributed by atoms with Gasteiger partial charge < -0.3 is 5.32 Å². The summed E-state index contributed by atoms with van der Waals surface area (Å²) in [5, 5.41) is 2.85. The van der Waals surface area contributed by atoms with Crippen LogP contribution in [0.25, 0.3) is 0 Å². The van der Waals surface area contributed by atoms with Crippen molar-refractivity contribution < 1.29 is 22.0 Å². The molecule has 1 unspecified atom stereocenters. The van der Waals surface area contributed by atoms with Crippen molar-refractivity contribution in [1.29, 1.82) is 0 Å². The van der Waals surface area contributed by atoms with E-state index in [1.54, 1.807) is 0 Å². The Kier molecular flexibility index (Phi) is 5.79. The number of rotatable bonds is 5. The molecule has 2 rings (SSSR count). The normalized spacial score (nSPS) is 17.3. The number of amides is 1. The largest absolute Gasteiger partial charge is 0.352 e. The number of halogens is 2. The lowest BCUT2D eigenvalue weighted by atomic mass is 9.95. The van der Waals surface area contributed by atoms with Crippen LogP contribution < -0.4 is 9.62 Å². The van der Waals surface area contributed by atoms with Crippen LogP contribution in [-0.2, 0) is 14.8 Å². The molecular formula is C16H22F2N2O3S. The highest BCUT2D eigenvalue weighted by Gasteiger charge is 2.31. The van der Waals surface area contributed by atoms with E-state index in [0.29, 0.717) is 0 Å². The van der Waals surface area contributed by atoms with Gasteiger partial charge in [-0.1, -0.05) is 19.3 Å². The fraction of sp³-hybridized carbons (Fsp3) is 0.562. The van der Waals surface area contributed by atoms with E-state index in [0.717, 1.165) is 60.9 Å². The van der Waals surface area contributed by atoms with Crippen molar-refractivity contribution in [3.05, 3.63) is 29.8 Å². The summed E-state index contributed by atoms with van der Waals surface area (Å²) in [5.41, 5.74) is -0.0808. The molecule has 0 heterocycles. The number of anilines is 1. The quantitative estimate of drug-likeness (QED) is 0.878. The lowest BCUT2D eigenvalue weighted by molar-refractivity contribution is -0.122. The lowest BCUT2D eigenvalue weighted by Crippen LogP contribution is -2.50. The minimum Gasteiger partial charge on any atom is -0.352 e. The van der Waals surface area contributed by atoms with E-state index in [1.165, 1.54) is 6.92 Å². The smallest absolute Gasteiger partial charge is 0.243 e. The Morgan fingerprint density at radius 3 is 2.38 bits per heavy atom. The van der Waals surface area contributed by atoms with E-state index in [9.17, 15) is 22.0 Å². The lowest BCUT2D eigenvalue weighted by Gasteiger charge is -2.30. The summed E-state index contributed by atoms with van der Waals surface area (Å²) in [5.74, 6) is -2.69. The third-order valence-electron chi connectivity index (χ3n) is 4.20. The molecule has 1 aromatic rings. The third-order valence-corrected chi connectivity index (χ3v) is 5.44. The molecule has 1 fully saturated rings. The van der Waals surface area contributed by atoms with Crippen LogP contribution in [0.15, 0.2) is 18.2 Å². The maximum atomic E-state index is 13.5. The maximum absolute atomic E-state index is 13.5. The number of hydrogen-bond acceptors (Lipinski definition) is 3. The predicted octanol–water partition coefficient (Wildman–Crippen LogP) is 2.57. The van der Waals surface area contributed by atoms with Crippen LogP contribution >= 0.6 is 0 Å². The number of carbonyl (C=O) groups is 1. The summed E-state index contributed by atoms with van der Waals surface area (Å²) in [7, 11) is -3.85. The van der Waals surface area contributed by atoms with E-state index in [4.69, 9.17) is 0 Å². The molecule has 1 atom stereocenters. The fourth-order valence-electron chi connectivity index (χ4n) is 3.00. The van der Waals surface area contributed by atoms with Gasteiger partial charge in [-0.2, -0.15) is 0 Å². The molecular weight excluding hydrogens is 338 g/mol. The Labute approximate surface area is 141 Å². The van der Waals surface area contributed by atoms with Crippen LogP contribution in [0, 0.1) is 11.6 Å². The van der Waals surface area contributed by atoms with Gasteiger partial charge in [0.1, 0.15) is 6.04 Å². The Hall–Kier alpha value is -1.70. The molecule has 1 aliphatic rings. The molecule has 0 spiro atoms. The summed E-state index contributed by atoms with van der Waals surface area (Å²) >= 11 is 0. The first kappa shape index (κ1) is 18.6. The monoisotopic (exact) mass is 360 g/mol. The summed E-state index contributed by atoms with van der Waals surface area (Å²) in [6, 6.07) is 1.73. The standard InChI is InChI=1S/C16H22F2N2O3S/c1-11(16(21)19-12-6-4-3-5-7-12)20(24(2,22)23)13-8-9-14(17)15(18)10-13/h8-12H,3-7H2,1-2H3,(H,19,21). The highest BCUT2D eigenvalue weighted by molar-refractivity contribution is 7.92. The molecule has 134 valence electrons. The average molecular weight is 360 g/mol. The van der Waals surface area contributed by atoms with Crippen molar-refractivity contribution in [2.45, 2.75) is 51.1 Å². The van der Waals surface area contributed by atoms with Gasteiger partial charge in [-0.15, -0.1) is 0 Å². The summed E-state index contributed by atoms with van der Waals surface area (Å²) < 4.78 is 51.6. The van der Waals surface area contributed by atoms with E-state index in [2.05, 4.69) is 5.32 Å². The summed E-state index contributed by atoms with van der Waals surface area (Å²) in [4.78, 5) is 12.4. The summed E-state index contributed by atoms with van der Waals surface area (Å²) in [6.07, 6.45) is 5.84. The highest BCUT2D eigenvalue weighted by atomic mass is 32.2. The molecule has 1 aliphatic carbocycles. The minimum absolute atomic E-state index is 0.0278. The van der Waals surface area contributed by atoms with Gasteiger partial charge in [-0.05, 0) is 31.9 Å². The van der Waals surface area contributed by atoms with Gasteiger partial charge in [0.2, 0.25) is 15.9 Å². The Morgan fingerprint density at radius 1 is 1.21 bits per heavy atom. The van der Waals surface area contributed by atoms with Crippen LogP contribution in [-0.4, -0.2) is 32.7 Å². The molecule has 1 aromatic carbocycles. The van der Waals surface area contributed by atoms with E-state index in [-0.39, 0.29) is 11.7 Å². The van der Waals surface area contributed by atoms with Crippen LogP contribution in [0.4, 0.5) is 14.5 Å². The zero-order chi connectivity index (χ0) is 17.9. The number of hydrogen-bond donors (Lipinski definition) is 1. The Morgan fingerprint density at radius 2 is 1.83 bits per heavy atom. The van der Waals surface area contributed by atoms with Crippen LogP contribution in [0.1, 0.15) is 39.0 Å². The van der Waals surface area contributed by atoms with E-state index < -0.39 is 33.6 Å². The van der Waals surface area contributed by atoms with Crippen molar-refractivity contribution in [2.24, 2.45) is 0 Å². The van der Waals surface area contributed by atoms with Gasteiger partial charge in [-0.25, -0.2) is 17.2 Å². The van der Waals surface area contributed by atoms with Gasteiger partial charge in [0, 0.05) is 12.1 Å². The molecule has 0 aliphatic heterocycles. The number of benzene rings is 1. The molecule has 0 radical (unpaired) electrons. The number of nitrogens with zero attached hydrogens (tertiary/aromatic N) is 1. The second kappa shape index (κ2) is 7.46. The fourth-order valence-corrected chi connectivity index (χ4v) is 4.17. The SMILES string of the molecule is CC(C(=O)NC1CCCCC1)N(c1ccc(F)c(F)c1)S(C)(=O)=O. The molecule has 5 nitrogen and oxygen atoms in total.